The van der Waals surface area contributed by atoms with Crippen molar-refractivity contribution in [1.82, 2.24) is 5.43 Å². The van der Waals surface area contributed by atoms with Gasteiger partial charge in [0.15, 0.2) is 9.84 Å². The third-order valence-corrected chi connectivity index (χ3v) is 5.17. The van der Waals surface area contributed by atoms with Crippen LogP contribution in [0.3, 0.4) is 0 Å². The lowest BCUT2D eigenvalue weighted by atomic mass is 10.3. The van der Waals surface area contributed by atoms with Gasteiger partial charge < -0.3 is 0 Å². The third kappa shape index (κ3) is 6.60. The van der Waals surface area contributed by atoms with Crippen LogP contribution in [0.15, 0.2) is 12.1 Å². The molecule has 0 unspecified atom stereocenters. The van der Waals surface area contributed by atoms with Crippen LogP contribution in [-0.2, 0) is 14.6 Å². The molecule has 0 saturated carbocycles. The van der Waals surface area contributed by atoms with Gasteiger partial charge in [-0.3, -0.25) is 15.6 Å². The second-order valence-corrected chi connectivity index (χ2v) is 8.15. The maximum Gasteiger partial charge on any atom is 0.253 e. The summed E-state index contributed by atoms with van der Waals surface area (Å²) in [7, 11) is -3.42. The minimum Gasteiger partial charge on any atom is -0.296 e. The lowest BCUT2D eigenvalue weighted by molar-refractivity contribution is -0.118. The van der Waals surface area contributed by atoms with Gasteiger partial charge in [-0.1, -0.05) is 54.6 Å². The van der Waals surface area contributed by atoms with Crippen molar-refractivity contribution in [3.05, 3.63) is 27.2 Å². The van der Waals surface area contributed by atoms with E-state index in [-0.39, 0.29) is 21.5 Å². The first-order valence-corrected chi connectivity index (χ1v) is 9.60. The molecule has 0 heterocycles. The summed E-state index contributed by atoms with van der Waals surface area (Å²) >= 11 is 17.6. The van der Waals surface area contributed by atoms with Gasteiger partial charge in [-0.2, -0.15) is 0 Å². The van der Waals surface area contributed by atoms with E-state index in [9.17, 15) is 13.2 Å². The largest absolute Gasteiger partial charge is 0.296 e. The minimum atomic E-state index is -3.42. The second kappa shape index (κ2) is 8.82. The van der Waals surface area contributed by atoms with Gasteiger partial charge in [-0.05, 0) is 18.6 Å². The van der Waals surface area contributed by atoms with Gasteiger partial charge in [-0.25, -0.2) is 8.42 Å². The first kappa shape index (κ1) is 19.4. The van der Waals surface area contributed by atoms with Crippen molar-refractivity contribution >= 4 is 56.2 Å². The summed E-state index contributed by atoms with van der Waals surface area (Å²) in [5.74, 6) is -1.28. The van der Waals surface area contributed by atoms with Crippen molar-refractivity contribution in [2.24, 2.45) is 0 Å². The van der Waals surface area contributed by atoms with Gasteiger partial charge in [0.05, 0.1) is 21.5 Å². The van der Waals surface area contributed by atoms with E-state index >= 15 is 0 Å². The van der Waals surface area contributed by atoms with E-state index in [1.54, 1.807) is 0 Å². The van der Waals surface area contributed by atoms with Crippen LogP contribution >= 0.6 is 34.8 Å². The normalized spacial score (nSPS) is 11.3. The molecule has 9 heteroatoms. The second-order valence-electron chi connectivity index (χ2n) is 4.72. The Morgan fingerprint density at radius 2 is 1.73 bits per heavy atom. The molecule has 124 valence electrons. The van der Waals surface area contributed by atoms with E-state index < -0.39 is 21.5 Å². The Balaban J connectivity index is 2.57. The number of anilines is 1. The van der Waals surface area contributed by atoms with Crippen molar-refractivity contribution in [3.8, 4) is 0 Å². The highest BCUT2D eigenvalue weighted by Gasteiger charge is 2.17. The maximum atomic E-state index is 11.7. The first-order chi connectivity index (χ1) is 10.2. The fourth-order valence-electron chi connectivity index (χ4n) is 1.67. The maximum absolute atomic E-state index is 11.7. The fourth-order valence-corrected chi connectivity index (χ4v) is 3.85. The number of carbonyl (C=O) groups excluding carboxylic acids is 1. The molecule has 0 aliphatic rings. The van der Waals surface area contributed by atoms with E-state index in [1.807, 2.05) is 6.92 Å². The molecule has 1 amide bonds. The Hall–Kier alpha value is -0.690. The summed E-state index contributed by atoms with van der Waals surface area (Å²) < 4.78 is 23.5. The molecule has 2 N–H and O–H groups in total. The highest BCUT2D eigenvalue weighted by molar-refractivity contribution is 7.92. The van der Waals surface area contributed by atoms with E-state index in [1.165, 1.54) is 12.1 Å². The van der Waals surface area contributed by atoms with Gasteiger partial charge in [0, 0.05) is 5.02 Å². The van der Waals surface area contributed by atoms with Crippen LogP contribution in [0.5, 0.6) is 0 Å². The Kier molecular flexibility index (Phi) is 7.76. The molecule has 1 aromatic carbocycles. The molecule has 0 spiro atoms. The minimum absolute atomic E-state index is 0.00326. The molecule has 0 aliphatic heterocycles. The number of sulfone groups is 1. The van der Waals surface area contributed by atoms with Crippen molar-refractivity contribution in [2.45, 2.75) is 26.2 Å². The molecule has 1 aromatic rings. The molecular formula is C13H17Cl3N2O3S. The Bertz CT molecular complexity index is 612. The van der Waals surface area contributed by atoms with Gasteiger partial charge in [0.25, 0.3) is 5.91 Å². The SMILES string of the molecule is CCCCCS(=O)(=O)CC(=O)NNc1c(Cl)cc(Cl)cc1Cl. The Morgan fingerprint density at radius 3 is 2.27 bits per heavy atom. The molecule has 0 fully saturated rings. The van der Waals surface area contributed by atoms with E-state index in [4.69, 9.17) is 34.8 Å². The van der Waals surface area contributed by atoms with Crippen molar-refractivity contribution in [3.63, 3.8) is 0 Å². The lowest BCUT2D eigenvalue weighted by Crippen LogP contribution is -2.35. The highest BCUT2D eigenvalue weighted by Crippen LogP contribution is 2.32. The van der Waals surface area contributed by atoms with Crippen LogP contribution in [0.25, 0.3) is 0 Å². The first-order valence-electron chi connectivity index (χ1n) is 6.65. The van der Waals surface area contributed by atoms with Crippen LogP contribution < -0.4 is 10.9 Å². The van der Waals surface area contributed by atoms with E-state index in [2.05, 4.69) is 10.9 Å². The predicted octanol–water partition coefficient (Wildman–Crippen LogP) is 3.69. The zero-order chi connectivity index (χ0) is 16.8. The van der Waals surface area contributed by atoms with Crippen LogP contribution in [-0.4, -0.2) is 25.8 Å². The standard InChI is InChI=1S/C13H17Cl3N2O3S/c1-2-3-4-5-22(20,21)8-12(19)17-18-13-10(15)6-9(14)7-11(13)16/h6-7,18H,2-5,8H2,1H3,(H,17,19). The number of hydrogen-bond acceptors (Lipinski definition) is 4. The average molecular weight is 388 g/mol. The molecule has 0 atom stereocenters. The van der Waals surface area contributed by atoms with Gasteiger partial charge in [0.2, 0.25) is 0 Å². The summed E-state index contributed by atoms with van der Waals surface area (Å²) in [6, 6.07) is 2.90. The summed E-state index contributed by atoms with van der Waals surface area (Å²) in [4.78, 5) is 11.7. The molecule has 0 bridgehead atoms. The highest BCUT2D eigenvalue weighted by atomic mass is 35.5. The van der Waals surface area contributed by atoms with Gasteiger partial charge in [-0.15, -0.1) is 0 Å². The summed E-state index contributed by atoms with van der Waals surface area (Å²) in [6.45, 7) is 1.98. The molecule has 5 nitrogen and oxygen atoms in total. The molecule has 22 heavy (non-hydrogen) atoms. The molecule has 0 aliphatic carbocycles. The number of halogens is 3. The van der Waals surface area contributed by atoms with Gasteiger partial charge >= 0.3 is 0 Å². The number of hydrogen-bond donors (Lipinski definition) is 2. The number of amides is 1. The average Bonchev–Trinajstić information content (AvgIpc) is 2.36. The number of rotatable bonds is 8. The van der Waals surface area contributed by atoms with Crippen LogP contribution in [0.4, 0.5) is 5.69 Å². The van der Waals surface area contributed by atoms with Crippen LogP contribution in [0.2, 0.25) is 15.1 Å². The monoisotopic (exact) mass is 386 g/mol. The summed E-state index contributed by atoms with van der Waals surface area (Å²) in [6.07, 6.45) is 2.28. The van der Waals surface area contributed by atoms with Gasteiger partial charge in [0.1, 0.15) is 5.75 Å². The topological polar surface area (TPSA) is 75.3 Å². The van der Waals surface area contributed by atoms with E-state index in [0.29, 0.717) is 11.4 Å². The van der Waals surface area contributed by atoms with Crippen LogP contribution in [0.1, 0.15) is 26.2 Å². The Labute approximate surface area is 145 Å². The molecule has 0 saturated heterocycles. The summed E-state index contributed by atoms with van der Waals surface area (Å²) in [5.41, 5.74) is 5.03. The number of unbranched alkanes of at least 4 members (excludes halogenated alkanes) is 2. The quantitative estimate of drug-likeness (QED) is 0.527. The number of carbonyl (C=O) groups is 1. The molecule has 0 aromatic heterocycles. The molecule has 1 rings (SSSR count). The number of hydrazine groups is 1. The number of benzene rings is 1. The molecule has 0 radical (unpaired) electrons. The number of nitrogens with one attached hydrogen (secondary N) is 2. The lowest BCUT2D eigenvalue weighted by Gasteiger charge is -2.12. The zero-order valence-electron chi connectivity index (χ0n) is 12.0. The fraction of sp³-hybridized carbons (Fsp3) is 0.462. The third-order valence-electron chi connectivity index (χ3n) is 2.74. The zero-order valence-corrected chi connectivity index (χ0v) is 15.0. The van der Waals surface area contributed by atoms with Crippen molar-refractivity contribution in [1.29, 1.82) is 0 Å². The predicted molar refractivity (Wildman–Crippen MR) is 91.4 cm³/mol. The van der Waals surface area contributed by atoms with Crippen molar-refractivity contribution < 1.29 is 13.2 Å². The smallest absolute Gasteiger partial charge is 0.253 e. The van der Waals surface area contributed by atoms with Crippen LogP contribution in [0, 0.1) is 0 Å². The van der Waals surface area contributed by atoms with Crippen molar-refractivity contribution in [2.75, 3.05) is 16.9 Å². The molecular weight excluding hydrogens is 371 g/mol. The summed E-state index contributed by atoms with van der Waals surface area (Å²) in [5, 5.41) is 0.776. The Morgan fingerprint density at radius 1 is 1.14 bits per heavy atom. The van der Waals surface area contributed by atoms with E-state index in [0.717, 1.165) is 12.8 Å².